The third-order valence-electron chi connectivity index (χ3n) is 3.97. The number of nitrogens with one attached hydrogen (secondary N) is 1. The molecule has 1 aliphatic rings. The molecule has 0 amide bonds. The van der Waals surface area contributed by atoms with Crippen LogP contribution in [0.5, 0.6) is 0 Å². The summed E-state index contributed by atoms with van der Waals surface area (Å²) in [6.07, 6.45) is 0.275. The molecule has 0 bridgehead atoms. The summed E-state index contributed by atoms with van der Waals surface area (Å²) >= 11 is 0. The van der Waals surface area contributed by atoms with Crippen molar-refractivity contribution in [3.8, 4) is 0 Å². The summed E-state index contributed by atoms with van der Waals surface area (Å²) in [6, 6.07) is 9.73. The van der Waals surface area contributed by atoms with E-state index in [1.807, 2.05) is 51.1 Å². The fraction of sp³-hybridized carbons (Fsp3) is 0.562. The highest BCUT2D eigenvalue weighted by Crippen LogP contribution is 2.34. The number of rotatable bonds is 4. The molecule has 1 aromatic rings. The minimum Gasteiger partial charge on any atom is -0.459 e. The molecule has 1 saturated heterocycles. The lowest BCUT2D eigenvalue weighted by molar-refractivity contribution is -0.169. The highest BCUT2D eigenvalue weighted by Gasteiger charge is 2.44. The van der Waals surface area contributed by atoms with Crippen molar-refractivity contribution in [3.63, 3.8) is 0 Å². The van der Waals surface area contributed by atoms with Crippen LogP contribution < -0.4 is 5.32 Å². The molecule has 110 valence electrons. The van der Waals surface area contributed by atoms with Crippen LogP contribution in [0.1, 0.15) is 38.8 Å². The smallest absolute Gasteiger partial charge is 0.324 e. The first-order valence-electron chi connectivity index (χ1n) is 7.06. The standard InChI is InChI=1S/C16H23NO3/c1-11(12-7-5-4-6-8-12)17-14-15(19)20-13(10-18)9-16(14,2)3/h4-8,11,13-14,17-18H,9-10H2,1-3H3/t11-,13-,14+/m1/s1. The van der Waals surface area contributed by atoms with E-state index in [1.165, 1.54) is 0 Å². The van der Waals surface area contributed by atoms with Crippen LogP contribution in [-0.2, 0) is 9.53 Å². The van der Waals surface area contributed by atoms with Gasteiger partial charge in [-0.05, 0) is 24.3 Å². The van der Waals surface area contributed by atoms with Gasteiger partial charge in [-0.1, -0.05) is 44.2 Å². The third kappa shape index (κ3) is 3.19. The number of carbonyl (C=O) groups excluding carboxylic acids is 1. The molecule has 4 heteroatoms. The quantitative estimate of drug-likeness (QED) is 0.827. The molecule has 2 rings (SSSR count). The SMILES string of the molecule is C[C@@H](N[C@H]1C(=O)O[C@@H](CO)CC1(C)C)c1ccccc1. The van der Waals surface area contributed by atoms with Gasteiger partial charge in [-0.15, -0.1) is 0 Å². The molecule has 3 atom stereocenters. The molecular formula is C16H23NO3. The van der Waals surface area contributed by atoms with Gasteiger partial charge in [0.2, 0.25) is 0 Å². The van der Waals surface area contributed by atoms with E-state index < -0.39 is 0 Å². The maximum atomic E-state index is 12.2. The minimum absolute atomic E-state index is 0.0682. The van der Waals surface area contributed by atoms with E-state index in [4.69, 9.17) is 4.74 Å². The van der Waals surface area contributed by atoms with Gasteiger partial charge in [0, 0.05) is 6.04 Å². The highest BCUT2D eigenvalue weighted by molar-refractivity contribution is 5.78. The predicted molar refractivity (Wildman–Crippen MR) is 77.1 cm³/mol. The summed E-state index contributed by atoms with van der Waals surface area (Å²) in [4.78, 5) is 12.2. The van der Waals surface area contributed by atoms with Crippen molar-refractivity contribution in [1.82, 2.24) is 5.32 Å². The fourth-order valence-electron chi connectivity index (χ4n) is 2.78. The number of hydrogen-bond acceptors (Lipinski definition) is 4. The first kappa shape index (κ1) is 15.0. The molecule has 0 radical (unpaired) electrons. The van der Waals surface area contributed by atoms with Gasteiger partial charge in [0.1, 0.15) is 12.1 Å². The zero-order chi connectivity index (χ0) is 14.8. The highest BCUT2D eigenvalue weighted by atomic mass is 16.6. The number of benzene rings is 1. The average Bonchev–Trinajstić information content (AvgIpc) is 2.43. The maximum absolute atomic E-state index is 12.2. The first-order chi connectivity index (χ1) is 9.44. The van der Waals surface area contributed by atoms with Gasteiger partial charge in [0.15, 0.2) is 0 Å². The second-order valence-corrected chi connectivity index (χ2v) is 6.17. The molecule has 20 heavy (non-hydrogen) atoms. The molecule has 1 heterocycles. The van der Waals surface area contributed by atoms with Gasteiger partial charge in [-0.3, -0.25) is 10.1 Å². The van der Waals surface area contributed by atoms with E-state index >= 15 is 0 Å². The number of aliphatic hydroxyl groups is 1. The van der Waals surface area contributed by atoms with E-state index in [-0.39, 0.29) is 36.2 Å². The largest absolute Gasteiger partial charge is 0.459 e. The fourth-order valence-corrected chi connectivity index (χ4v) is 2.78. The predicted octanol–water partition coefficient (Wildman–Crippen LogP) is 2.04. The van der Waals surface area contributed by atoms with Crippen LogP contribution in [0.15, 0.2) is 30.3 Å². The number of esters is 1. The van der Waals surface area contributed by atoms with E-state index in [1.54, 1.807) is 0 Å². The Labute approximate surface area is 120 Å². The monoisotopic (exact) mass is 277 g/mol. The van der Waals surface area contributed by atoms with Gasteiger partial charge in [-0.2, -0.15) is 0 Å². The van der Waals surface area contributed by atoms with Crippen molar-refractivity contribution >= 4 is 5.97 Å². The van der Waals surface area contributed by atoms with Crippen LogP contribution in [0.2, 0.25) is 0 Å². The molecule has 0 spiro atoms. The van der Waals surface area contributed by atoms with E-state index in [0.29, 0.717) is 6.42 Å². The zero-order valence-corrected chi connectivity index (χ0v) is 12.3. The summed E-state index contributed by atoms with van der Waals surface area (Å²) in [6.45, 7) is 5.99. The van der Waals surface area contributed by atoms with E-state index in [2.05, 4.69) is 5.32 Å². The van der Waals surface area contributed by atoms with Crippen molar-refractivity contribution in [2.45, 2.75) is 45.4 Å². The van der Waals surface area contributed by atoms with Crippen LogP contribution in [0.4, 0.5) is 0 Å². The Morgan fingerprint density at radius 3 is 2.60 bits per heavy atom. The van der Waals surface area contributed by atoms with E-state index in [9.17, 15) is 9.90 Å². The Morgan fingerprint density at radius 1 is 1.40 bits per heavy atom. The number of carbonyl (C=O) groups is 1. The maximum Gasteiger partial charge on any atom is 0.324 e. The van der Waals surface area contributed by atoms with Crippen molar-refractivity contribution in [1.29, 1.82) is 0 Å². The third-order valence-corrected chi connectivity index (χ3v) is 3.97. The van der Waals surface area contributed by atoms with Gasteiger partial charge in [0.05, 0.1) is 6.61 Å². The molecule has 0 aliphatic carbocycles. The number of hydrogen-bond donors (Lipinski definition) is 2. The molecule has 1 aromatic carbocycles. The topological polar surface area (TPSA) is 58.6 Å². The second kappa shape index (κ2) is 5.94. The normalized spacial score (nSPS) is 26.9. The van der Waals surface area contributed by atoms with Crippen LogP contribution >= 0.6 is 0 Å². The Hall–Kier alpha value is -1.39. The minimum atomic E-state index is -0.386. The molecule has 0 saturated carbocycles. The molecule has 1 fully saturated rings. The lowest BCUT2D eigenvalue weighted by Crippen LogP contribution is -2.55. The molecule has 2 N–H and O–H groups in total. The van der Waals surface area contributed by atoms with Gasteiger partial charge in [0.25, 0.3) is 0 Å². The van der Waals surface area contributed by atoms with Gasteiger partial charge < -0.3 is 9.84 Å². The summed E-state index contributed by atoms with van der Waals surface area (Å²) in [5.74, 6) is -0.275. The van der Waals surface area contributed by atoms with Crippen LogP contribution in [0.3, 0.4) is 0 Å². The Balaban J connectivity index is 2.10. The summed E-state index contributed by atoms with van der Waals surface area (Å²) < 4.78 is 5.27. The first-order valence-corrected chi connectivity index (χ1v) is 7.06. The molecule has 4 nitrogen and oxygen atoms in total. The molecule has 0 aromatic heterocycles. The average molecular weight is 277 g/mol. The van der Waals surface area contributed by atoms with Crippen molar-refractivity contribution in [2.24, 2.45) is 5.41 Å². The summed E-state index contributed by atoms with van der Waals surface area (Å²) in [7, 11) is 0. The lowest BCUT2D eigenvalue weighted by Gasteiger charge is -2.41. The summed E-state index contributed by atoms with van der Waals surface area (Å²) in [5, 5.41) is 12.6. The Bertz CT molecular complexity index is 458. The Morgan fingerprint density at radius 2 is 2.05 bits per heavy atom. The van der Waals surface area contributed by atoms with Crippen molar-refractivity contribution < 1.29 is 14.6 Å². The van der Waals surface area contributed by atoms with Crippen LogP contribution in [0.25, 0.3) is 0 Å². The Kier molecular flexibility index (Phi) is 4.45. The summed E-state index contributed by atoms with van der Waals surface area (Å²) in [5.41, 5.74) is 0.895. The van der Waals surface area contributed by atoms with Crippen molar-refractivity contribution in [2.75, 3.05) is 6.61 Å². The zero-order valence-electron chi connectivity index (χ0n) is 12.3. The van der Waals surface area contributed by atoms with Gasteiger partial charge >= 0.3 is 5.97 Å². The number of cyclic esters (lactones) is 1. The molecular weight excluding hydrogens is 254 g/mol. The van der Waals surface area contributed by atoms with E-state index in [0.717, 1.165) is 5.56 Å². The van der Waals surface area contributed by atoms with Crippen molar-refractivity contribution in [3.05, 3.63) is 35.9 Å². The van der Waals surface area contributed by atoms with Crippen LogP contribution in [-0.4, -0.2) is 29.8 Å². The van der Waals surface area contributed by atoms with Gasteiger partial charge in [-0.25, -0.2) is 0 Å². The lowest BCUT2D eigenvalue weighted by atomic mass is 9.77. The second-order valence-electron chi connectivity index (χ2n) is 6.17. The van der Waals surface area contributed by atoms with Crippen LogP contribution in [0, 0.1) is 5.41 Å². The molecule has 1 aliphatic heterocycles. The molecule has 0 unspecified atom stereocenters. The number of aliphatic hydroxyl groups excluding tert-OH is 1. The number of ether oxygens (including phenoxy) is 1.